The summed E-state index contributed by atoms with van der Waals surface area (Å²) >= 11 is 1.39. The number of rotatable bonds is 4. The molecule has 2 aromatic heterocycles. The monoisotopic (exact) mass is 236 g/mol. The number of carbonyl (C=O) groups is 1. The minimum Gasteiger partial charge on any atom is -0.322 e. The lowest BCUT2D eigenvalue weighted by molar-refractivity contribution is 0.0368. The van der Waals surface area contributed by atoms with Gasteiger partial charge in [-0.1, -0.05) is 0 Å². The van der Waals surface area contributed by atoms with Crippen LogP contribution in [0.2, 0.25) is 0 Å². The number of thiophene rings is 1. The summed E-state index contributed by atoms with van der Waals surface area (Å²) in [7, 11) is 0. The van der Waals surface area contributed by atoms with Crippen LogP contribution in [0.15, 0.2) is 36.0 Å². The van der Waals surface area contributed by atoms with Crippen molar-refractivity contribution in [1.82, 2.24) is 10.0 Å². The maximum Gasteiger partial charge on any atom is 0.287 e. The lowest BCUT2D eigenvalue weighted by Crippen LogP contribution is -2.23. The van der Waals surface area contributed by atoms with Gasteiger partial charge < -0.3 is 4.57 Å². The average molecular weight is 236 g/mol. The van der Waals surface area contributed by atoms with Crippen LogP contribution in [0.3, 0.4) is 0 Å². The van der Waals surface area contributed by atoms with Gasteiger partial charge in [0.05, 0.1) is 12.3 Å². The van der Waals surface area contributed by atoms with Crippen molar-refractivity contribution in [3.8, 4) is 5.69 Å². The second kappa shape index (κ2) is 4.96. The Hall–Kier alpha value is -1.59. The number of nitrogens with one attached hydrogen (secondary N) is 1. The molecular formula is C11H12N2O2S. The van der Waals surface area contributed by atoms with Crippen LogP contribution in [-0.2, 0) is 4.84 Å². The lowest BCUT2D eigenvalue weighted by atomic mass is 10.3. The number of nitrogens with zero attached hydrogens (tertiary/aromatic N) is 1. The highest BCUT2D eigenvalue weighted by molar-refractivity contribution is 7.12. The Morgan fingerprint density at radius 3 is 2.94 bits per heavy atom. The molecule has 0 fully saturated rings. The lowest BCUT2D eigenvalue weighted by Gasteiger charge is -2.05. The third kappa shape index (κ3) is 2.15. The molecule has 0 bridgehead atoms. The van der Waals surface area contributed by atoms with Crippen LogP contribution in [0.25, 0.3) is 5.69 Å². The van der Waals surface area contributed by atoms with Crippen molar-refractivity contribution in [2.45, 2.75) is 6.92 Å². The number of hydroxylamine groups is 1. The van der Waals surface area contributed by atoms with Gasteiger partial charge in [-0.2, -0.15) is 0 Å². The fourth-order valence-electron chi connectivity index (χ4n) is 1.35. The van der Waals surface area contributed by atoms with Crippen LogP contribution in [-0.4, -0.2) is 17.1 Å². The molecule has 0 unspecified atom stereocenters. The van der Waals surface area contributed by atoms with Crippen molar-refractivity contribution in [3.63, 3.8) is 0 Å². The van der Waals surface area contributed by atoms with E-state index >= 15 is 0 Å². The van der Waals surface area contributed by atoms with Gasteiger partial charge in [0.15, 0.2) is 0 Å². The zero-order chi connectivity index (χ0) is 11.4. The van der Waals surface area contributed by atoms with E-state index in [0.717, 1.165) is 5.69 Å². The molecule has 2 heterocycles. The standard InChI is InChI=1S/C11H12N2O2S/c1-2-15-12-11(14)10-9(5-8-16-10)13-6-3-4-7-13/h3-8H,2H2,1H3,(H,12,14). The Morgan fingerprint density at radius 2 is 2.25 bits per heavy atom. The molecule has 0 saturated heterocycles. The molecular weight excluding hydrogens is 224 g/mol. The quantitative estimate of drug-likeness (QED) is 0.827. The molecule has 0 aliphatic rings. The van der Waals surface area contributed by atoms with Crippen molar-refractivity contribution >= 4 is 17.2 Å². The van der Waals surface area contributed by atoms with Gasteiger partial charge >= 0.3 is 0 Å². The van der Waals surface area contributed by atoms with Gasteiger partial charge in [-0.25, -0.2) is 5.48 Å². The van der Waals surface area contributed by atoms with Gasteiger partial charge in [0.25, 0.3) is 5.91 Å². The van der Waals surface area contributed by atoms with Crippen molar-refractivity contribution < 1.29 is 9.63 Å². The van der Waals surface area contributed by atoms with Crippen molar-refractivity contribution in [1.29, 1.82) is 0 Å². The van der Waals surface area contributed by atoms with E-state index < -0.39 is 0 Å². The molecule has 2 aromatic rings. The Labute approximate surface area is 97.4 Å². The third-order valence-corrected chi connectivity index (χ3v) is 2.94. The number of hydrogen-bond donors (Lipinski definition) is 1. The minimum absolute atomic E-state index is 0.208. The zero-order valence-electron chi connectivity index (χ0n) is 8.84. The van der Waals surface area contributed by atoms with Crippen LogP contribution in [0.1, 0.15) is 16.6 Å². The molecule has 0 radical (unpaired) electrons. The Kier molecular flexibility index (Phi) is 3.38. The van der Waals surface area contributed by atoms with Crippen molar-refractivity contribution in [2.24, 2.45) is 0 Å². The fraction of sp³-hybridized carbons (Fsp3) is 0.182. The molecule has 0 aliphatic heterocycles. The summed E-state index contributed by atoms with van der Waals surface area (Å²) in [6.07, 6.45) is 3.80. The molecule has 84 valence electrons. The second-order valence-electron chi connectivity index (χ2n) is 3.09. The zero-order valence-corrected chi connectivity index (χ0v) is 9.66. The molecule has 16 heavy (non-hydrogen) atoms. The number of aromatic nitrogens is 1. The number of amides is 1. The first kappa shape index (κ1) is 10.9. The first-order chi connectivity index (χ1) is 7.83. The number of carbonyl (C=O) groups excluding carboxylic acids is 1. The van der Waals surface area contributed by atoms with E-state index in [1.54, 1.807) is 0 Å². The van der Waals surface area contributed by atoms with Crippen molar-refractivity contribution in [3.05, 3.63) is 40.8 Å². The highest BCUT2D eigenvalue weighted by atomic mass is 32.1. The SMILES string of the molecule is CCONC(=O)c1sccc1-n1cccc1. The summed E-state index contributed by atoms with van der Waals surface area (Å²) in [4.78, 5) is 17.3. The summed E-state index contributed by atoms with van der Waals surface area (Å²) in [6.45, 7) is 2.28. The smallest absolute Gasteiger partial charge is 0.287 e. The second-order valence-corrected chi connectivity index (χ2v) is 4.01. The molecule has 0 atom stereocenters. The predicted molar refractivity (Wildman–Crippen MR) is 62.7 cm³/mol. The summed E-state index contributed by atoms with van der Waals surface area (Å²) < 4.78 is 1.90. The highest BCUT2D eigenvalue weighted by Gasteiger charge is 2.13. The Balaban J connectivity index is 2.23. The van der Waals surface area contributed by atoms with Crippen molar-refractivity contribution in [2.75, 3.05) is 6.61 Å². The largest absolute Gasteiger partial charge is 0.322 e. The molecule has 0 aromatic carbocycles. The molecule has 0 saturated carbocycles. The van der Waals surface area contributed by atoms with E-state index in [9.17, 15) is 4.79 Å². The molecule has 1 amide bonds. The fourth-order valence-corrected chi connectivity index (χ4v) is 2.13. The van der Waals surface area contributed by atoms with E-state index in [4.69, 9.17) is 4.84 Å². The molecule has 4 nitrogen and oxygen atoms in total. The topological polar surface area (TPSA) is 43.3 Å². The Bertz CT molecular complexity index is 462. The first-order valence-electron chi connectivity index (χ1n) is 4.96. The molecule has 2 rings (SSSR count). The van der Waals surface area contributed by atoms with E-state index in [1.165, 1.54) is 11.3 Å². The van der Waals surface area contributed by atoms with Crippen LogP contribution in [0.4, 0.5) is 0 Å². The van der Waals surface area contributed by atoms with Gasteiger partial charge in [-0.3, -0.25) is 9.63 Å². The molecule has 5 heteroatoms. The van der Waals surface area contributed by atoms with Crippen LogP contribution >= 0.6 is 11.3 Å². The maximum atomic E-state index is 11.7. The van der Waals surface area contributed by atoms with Gasteiger partial charge in [-0.05, 0) is 30.5 Å². The summed E-state index contributed by atoms with van der Waals surface area (Å²) in [5.41, 5.74) is 3.26. The third-order valence-electron chi connectivity index (χ3n) is 2.04. The first-order valence-corrected chi connectivity index (χ1v) is 5.84. The van der Waals surface area contributed by atoms with Gasteiger partial charge in [-0.15, -0.1) is 11.3 Å². The van der Waals surface area contributed by atoms with Crippen LogP contribution < -0.4 is 5.48 Å². The predicted octanol–water partition coefficient (Wildman–Crippen LogP) is 2.22. The van der Waals surface area contributed by atoms with E-state index in [-0.39, 0.29) is 5.91 Å². The van der Waals surface area contributed by atoms with E-state index in [0.29, 0.717) is 11.5 Å². The van der Waals surface area contributed by atoms with Crippen LogP contribution in [0.5, 0.6) is 0 Å². The van der Waals surface area contributed by atoms with E-state index in [1.807, 2.05) is 47.5 Å². The molecule has 0 aliphatic carbocycles. The van der Waals surface area contributed by atoms with Gasteiger partial charge in [0.1, 0.15) is 4.88 Å². The Morgan fingerprint density at radius 1 is 1.50 bits per heavy atom. The van der Waals surface area contributed by atoms with Gasteiger partial charge in [0.2, 0.25) is 0 Å². The average Bonchev–Trinajstić information content (AvgIpc) is 2.94. The summed E-state index contributed by atoms with van der Waals surface area (Å²) in [6, 6.07) is 5.75. The normalized spacial score (nSPS) is 10.3. The number of hydrogen-bond acceptors (Lipinski definition) is 3. The summed E-state index contributed by atoms with van der Waals surface area (Å²) in [5, 5.41) is 1.89. The van der Waals surface area contributed by atoms with Gasteiger partial charge in [0, 0.05) is 12.4 Å². The molecule has 0 spiro atoms. The minimum atomic E-state index is -0.208. The highest BCUT2D eigenvalue weighted by Crippen LogP contribution is 2.21. The van der Waals surface area contributed by atoms with Crippen LogP contribution in [0, 0.1) is 0 Å². The summed E-state index contributed by atoms with van der Waals surface area (Å²) in [5.74, 6) is -0.208. The molecule has 1 N–H and O–H groups in total. The maximum absolute atomic E-state index is 11.7. The van der Waals surface area contributed by atoms with E-state index in [2.05, 4.69) is 5.48 Å².